The van der Waals surface area contributed by atoms with Gasteiger partial charge in [-0.1, -0.05) is 6.92 Å². The van der Waals surface area contributed by atoms with Crippen LogP contribution in [0, 0.1) is 0 Å². The monoisotopic (exact) mass is 369 g/mol. The molecule has 0 saturated carbocycles. The maximum Gasteiger partial charge on any atom is 0.251 e. The van der Waals surface area contributed by atoms with Crippen LogP contribution in [-0.4, -0.2) is 63.9 Å². The Morgan fingerprint density at radius 3 is 2.36 bits per heavy atom. The lowest BCUT2D eigenvalue weighted by molar-refractivity contribution is -0.120. The van der Waals surface area contributed by atoms with E-state index in [2.05, 4.69) is 10.6 Å². The number of carbonyl (C=O) groups excluding carboxylic acids is 2. The Balaban J connectivity index is 1.96. The molecule has 2 amide bonds. The largest absolute Gasteiger partial charge is 0.379 e. The summed E-state index contributed by atoms with van der Waals surface area (Å²) in [5.74, 6) is -0.691. The zero-order valence-electron chi connectivity index (χ0n) is 14.2. The topological polar surface area (TPSA) is 105 Å². The average molecular weight is 369 g/mol. The van der Waals surface area contributed by atoms with Gasteiger partial charge in [0.25, 0.3) is 5.91 Å². The van der Waals surface area contributed by atoms with Crippen LogP contribution in [0.2, 0.25) is 0 Å². The number of rotatable bonds is 7. The average Bonchev–Trinajstić information content (AvgIpc) is 2.65. The molecule has 138 valence electrons. The van der Waals surface area contributed by atoms with Gasteiger partial charge in [0, 0.05) is 25.2 Å². The Labute approximate surface area is 147 Å². The van der Waals surface area contributed by atoms with Crippen LogP contribution in [0.4, 0.5) is 0 Å². The van der Waals surface area contributed by atoms with E-state index in [1.54, 1.807) is 0 Å². The van der Waals surface area contributed by atoms with Gasteiger partial charge in [-0.05, 0) is 30.7 Å². The molecule has 0 unspecified atom stereocenters. The van der Waals surface area contributed by atoms with Crippen molar-refractivity contribution in [1.82, 2.24) is 14.9 Å². The molecule has 9 heteroatoms. The van der Waals surface area contributed by atoms with E-state index < -0.39 is 15.9 Å². The number of nitrogens with zero attached hydrogens (tertiary/aromatic N) is 1. The fraction of sp³-hybridized carbons (Fsp3) is 0.500. The van der Waals surface area contributed by atoms with Crippen molar-refractivity contribution in [1.29, 1.82) is 0 Å². The summed E-state index contributed by atoms with van der Waals surface area (Å²) in [4.78, 5) is 23.6. The molecular weight excluding hydrogens is 346 g/mol. The van der Waals surface area contributed by atoms with Crippen LogP contribution in [0.5, 0.6) is 0 Å². The second-order valence-corrected chi connectivity index (χ2v) is 7.51. The molecule has 1 aliphatic rings. The van der Waals surface area contributed by atoms with Gasteiger partial charge in [0.1, 0.15) is 0 Å². The number of morpholine rings is 1. The predicted molar refractivity (Wildman–Crippen MR) is 91.7 cm³/mol. The molecule has 0 spiro atoms. The molecule has 1 saturated heterocycles. The molecule has 0 atom stereocenters. The summed E-state index contributed by atoms with van der Waals surface area (Å²) < 4.78 is 31.5. The number of sulfonamides is 1. The highest BCUT2D eigenvalue weighted by Crippen LogP contribution is 2.17. The SMILES string of the molecule is CCCNC(=O)CNC(=O)c1ccc(S(=O)(=O)N2CCOCC2)cc1. The molecule has 25 heavy (non-hydrogen) atoms. The summed E-state index contributed by atoms with van der Waals surface area (Å²) in [5.41, 5.74) is 0.296. The molecule has 0 bridgehead atoms. The maximum absolute atomic E-state index is 12.5. The molecule has 8 nitrogen and oxygen atoms in total. The van der Waals surface area contributed by atoms with E-state index in [1.807, 2.05) is 6.92 Å². The fourth-order valence-corrected chi connectivity index (χ4v) is 3.71. The molecule has 0 aromatic heterocycles. The molecule has 1 aromatic rings. The zero-order valence-corrected chi connectivity index (χ0v) is 15.0. The van der Waals surface area contributed by atoms with Crippen LogP contribution in [-0.2, 0) is 19.6 Å². The second-order valence-electron chi connectivity index (χ2n) is 5.57. The third-order valence-electron chi connectivity index (χ3n) is 3.71. The number of ether oxygens (including phenoxy) is 1. The molecule has 1 heterocycles. The van der Waals surface area contributed by atoms with Crippen molar-refractivity contribution in [3.63, 3.8) is 0 Å². The number of amides is 2. The van der Waals surface area contributed by atoms with Crippen LogP contribution in [0.25, 0.3) is 0 Å². The Bertz CT molecular complexity index is 697. The van der Waals surface area contributed by atoms with Gasteiger partial charge in [-0.2, -0.15) is 4.31 Å². The minimum Gasteiger partial charge on any atom is -0.379 e. The highest BCUT2D eigenvalue weighted by molar-refractivity contribution is 7.89. The second kappa shape index (κ2) is 8.93. The predicted octanol–water partition coefficient (Wildman–Crippen LogP) is -0.0365. The van der Waals surface area contributed by atoms with E-state index in [0.717, 1.165) is 6.42 Å². The highest BCUT2D eigenvalue weighted by atomic mass is 32.2. The van der Waals surface area contributed by atoms with Gasteiger partial charge >= 0.3 is 0 Å². The molecule has 2 N–H and O–H groups in total. The molecule has 1 fully saturated rings. The van der Waals surface area contributed by atoms with Gasteiger partial charge in [-0.25, -0.2) is 8.42 Å². The van der Waals surface area contributed by atoms with Crippen LogP contribution in [0.1, 0.15) is 23.7 Å². The van der Waals surface area contributed by atoms with Gasteiger partial charge in [0.15, 0.2) is 0 Å². The molecule has 0 aliphatic carbocycles. The van der Waals surface area contributed by atoms with Crippen molar-refractivity contribution >= 4 is 21.8 Å². The van der Waals surface area contributed by atoms with Crippen LogP contribution in [0.15, 0.2) is 29.2 Å². The number of hydrogen-bond donors (Lipinski definition) is 2. The molecule has 0 radical (unpaired) electrons. The third kappa shape index (κ3) is 5.25. The smallest absolute Gasteiger partial charge is 0.251 e. The molecule has 2 rings (SSSR count). The van der Waals surface area contributed by atoms with E-state index in [0.29, 0.717) is 38.4 Å². The van der Waals surface area contributed by atoms with Crippen LogP contribution < -0.4 is 10.6 Å². The summed E-state index contributed by atoms with van der Waals surface area (Å²) >= 11 is 0. The number of hydrogen-bond acceptors (Lipinski definition) is 5. The highest BCUT2D eigenvalue weighted by Gasteiger charge is 2.26. The Morgan fingerprint density at radius 1 is 1.12 bits per heavy atom. The maximum atomic E-state index is 12.5. The van der Waals surface area contributed by atoms with Gasteiger partial charge in [-0.3, -0.25) is 9.59 Å². The number of nitrogens with one attached hydrogen (secondary N) is 2. The van der Waals surface area contributed by atoms with Gasteiger partial charge in [0.05, 0.1) is 24.7 Å². The minimum absolute atomic E-state index is 0.118. The van der Waals surface area contributed by atoms with Gasteiger partial charge in [0.2, 0.25) is 15.9 Å². The zero-order chi connectivity index (χ0) is 18.3. The van der Waals surface area contributed by atoms with Crippen molar-refractivity contribution in [2.75, 3.05) is 39.4 Å². The van der Waals surface area contributed by atoms with E-state index in [9.17, 15) is 18.0 Å². The summed E-state index contributed by atoms with van der Waals surface area (Å²) in [7, 11) is -3.58. The van der Waals surface area contributed by atoms with E-state index >= 15 is 0 Å². The lowest BCUT2D eigenvalue weighted by Gasteiger charge is -2.26. The Morgan fingerprint density at radius 2 is 1.76 bits per heavy atom. The number of benzene rings is 1. The van der Waals surface area contributed by atoms with Crippen LogP contribution >= 0.6 is 0 Å². The van der Waals surface area contributed by atoms with Crippen molar-refractivity contribution in [3.05, 3.63) is 29.8 Å². The Kier molecular flexibility index (Phi) is 6.91. The molecular formula is C16H23N3O5S. The van der Waals surface area contributed by atoms with Crippen molar-refractivity contribution < 1.29 is 22.7 Å². The van der Waals surface area contributed by atoms with Crippen molar-refractivity contribution in [3.8, 4) is 0 Å². The standard InChI is InChI=1S/C16H23N3O5S/c1-2-7-17-15(20)12-18-16(21)13-3-5-14(6-4-13)25(22,23)19-8-10-24-11-9-19/h3-6H,2,7-12H2,1H3,(H,17,20)(H,18,21). The lowest BCUT2D eigenvalue weighted by Crippen LogP contribution is -2.40. The van der Waals surface area contributed by atoms with E-state index in [4.69, 9.17) is 4.74 Å². The first-order chi connectivity index (χ1) is 11.9. The van der Waals surface area contributed by atoms with Crippen molar-refractivity contribution in [2.24, 2.45) is 0 Å². The first-order valence-corrected chi connectivity index (χ1v) is 9.62. The first kappa shape index (κ1) is 19.4. The van der Waals surface area contributed by atoms with E-state index in [1.165, 1.54) is 28.6 Å². The Hall–Kier alpha value is -1.97. The molecule has 1 aromatic carbocycles. The summed E-state index contributed by atoms with van der Waals surface area (Å²) in [5, 5.41) is 5.16. The minimum atomic E-state index is -3.58. The fourth-order valence-electron chi connectivity index (χ4n) is 2.30. The lowest BCUT2D eigenvalue weighted by atomic mass is 10.2. The van der Waals surface area contributed by atoms with Crippen LogP contribution in [0.3, 0.4) is 0 Å². The third-order valence-corrected chi connectivity index (χ3v) is 5.62. The number of carbonyl (C=O) groups is 2. The molecule has 1 aliphatic heterocycles. The summed E-state index contributed by atoms with van der Waals surface area (Å²) in [6, 6.07) is 5.67. The van der Waals surface area contributed by atoms with E-state index in [-0.39, 0.29) is 17.3 Å². The quantitative estimate of drug-likeness (QED) is 0.702. The van der Waals surface area contributed by atoms with Gasteiger partial charge < -0.3 is 15.4 Å². The normalized spacial score (nSPS) is 15.6. The van der Waals surface area contributed by atoms with Gasteiger partial charge in [-0.15, -0.1) is 0 Å². The summed E-state index contributed by atoms with van der Waals surface area (Å²) in [6.07, 6.45) is 0.818. The van der Waals surface area contributed by atoms with Crippen molar-refractivity contribution in [2.45, 2.75) is 18.2 Å². The summed E-state index contributed by atoms with van der Waals surface area (Å²) in [6.45, 7) is 3.76. The first-order valence-electron chi connectivity index (χ1n) is 8.18.